The highest BCUT2D eigenvalue weighted by Crippen LogP contribution is 2.30. The molecule has 3 rings (SSSR count). The van der Waals surface area contributed by atoms with Crippen LogP contribution in [0, 0.1) is 5.92 Å². The van der Waals surface area contributed by atoms with E-state index in [1.54, 1.807) is 0 Å². The molecule has 1 aliphatic heterocycles. The molecule has 2 nitrogen and oxygen atoms in total. The van der Waals surface area contributed by atoms with Gasteiger partial charge in [-0.3, -0.25) is 0 Å². The van der Waals surface area contributed by atoms with Crippen molar-refractivity contribution in [2.75, 3.05) is 13.1 Å². The number of hydrogen-bond donors (Lipinski definition) is 1. The maximum atomic E-state index is 6.16. The predicted molar refractivity (Wildman–Crippen MR) is 72.6 cm³/mol. The van der Waals surface area contributed by atoms with Crippen molar-refractivity contribution in [3.8, 4) is 5.75 Å². The van der Waals surface area contributed by atoms with Crippen molar-refractivity contribution in [3.63, 3.8) is 0 Å². The summed E-state index contributed by atoms with van der Waals surface area (Å²) in [5.41, 5.74) is 1.26. The van der Waals surface area contributed by atoms with E-state index in [0.29, 0.717) is 5.92 Å². The highest BCUT2D eigenvalue weighted by molar-refractivity contribution is 5.25. The van der Waals surface area contributed by atoms with Gasteiger partial charge >= 0.3 is 0 Å². The zero-order valence-corrected chi connectivity index (χ0v) is 10.3. The molecule has 92 valence electrons. The van der Waals surface area contributed by atoms with E-state index in [2.05, 4.69) is 29.6 Å². The van der Waals surface area contributed by atoms with Gasteiger partial charge in [-0.25, -0.2) is 0 Å². The van der Waals surface area contributed by atoms with Crippen molar-refractivity contribution in [3.05, 3.63) is 66.2 Å². The molecule has 2 aromatic carbocycles. The molecule has 0 amide bonds. The first kappa shape index (κ1) is 11.3. The summed E-state index contributed by atoms with van der Waals surface area (Å²) in [5.74, 6) is 1.51. The molecule has 1 saturated heterocycles. The van der Waals surface area contributed by atoms with Gasteiger partial charge < -0.3 is 10.1 Å². The number of hydrogen-bond acceptors (Lipinski definition) is 2. The zero-order chi connectivity index (χ0) is 12.2. The largest absolute Gasteiger partial charge is 0.485 e. The van der Waals surface area contributed by atoms with Crippen LogP contribution in [0.2, 0.25) is 0 Å². The van der Waals surface area contributed by atoms with Crippen molar-refractivity contribution in [1.82, 2.24) is 5.32 Å². The summed E-state index contributed by atoms with van der Waals surface area (Å²) in [5, 5.41) is 3.32. The van der Waals surface area contributed by atoms with Crippen LogP contribution < -0.4 is 10.1 Å². The summed E-state index contributed by atoms with van der Waals surface area (Å²) in [6, 6.07) is 20.5. The van der Waals surface area contributed by atoms with Crippen LogP contribution in [-0.4, -0.2) is 13.1 Å². The molecule has 1 heterocycles. The quantitative estimate of drug-likeness (QED) is 0.885. The highest BCUT2D eigenvalue weighted by Gasteiger charge is 2.29. The maximum Gasteiger partial charge on any atom is 0.129 e. The van der Waals surface area contributed by atoms with Crippen LogP contribution in [0.1, 0.15) is 11.7 Å². The Kier molecular flexibility index (Phi) is 3.29. The second-order valence-electron chi connectivity index (χ2n) is 4.68. The minimum atomic E-state index is 0.148. The number of rotatable bonds is 4. The van der Waals surface area contributed by atoms with Gasteiger partial charge in [-0.05, 0) is 17.7 Å². The molecule has 1 atom stereocenters. The van der Waals surface area contributed by atoms with E-state index in [1.807, 2.05) is 36.4 Å². The number of para-hydroxylation sites is 1. The first-order valence-corrected chi connectivity index (χ1v) is 6.41. The van der Waals surface area contributed by atoms with E-state index in [9.17, 15) is 0 Å². The van der Waals surface area contributed by atoms with E-state index in [4.69, 9.17) is 4.74 Å². The molecule has 0 aromatic heterocycles. The van der Waals surface area contributed by atoms with E-state index >= 15 is 0 Å². The smallest absolute Gasteiger partial charge is 0.129 e. The molecule has 0 bridgehead atoms. The molecule has 0 unspecified atom stereocenters. The molecule has 0 spiro atoms. The fraction of sp³-hybridized carbons (Fsp3) is 0.250. The molecule has 0 radical (unpaired) electrons. The average Bonchev–Trinajstić information content (AvgIpc) is 2.38. The van der Waals surface area contributed by atoms with Gasteiger partial charge in [0.05, 0.1) is 0 Å². The van der Waals surface area contributed by atoms with Gasteiger partial charge in [0.15, 0.2) is 0 Å². The summed E-state index contributed by atoms with van der Waals surface area (Å²) in [6.45, 7) is 2.07. The third-order valence-corrected chi connectivity index (χ3v) is 3.38. The van der Waals surface area contributed by atoms with Crippen molar-refractivity contribution < 1.29 is 4.74 Å². The van der Waals surface area contributed by atoms with Crippen LogP contribution in [-0.2, 0) is 0 Å². The number of nitrogens with one attached hydrogen (secondary N) is 1. The van der Waals surface area contributed by atoms with Gasteiger partial charge in [-0.2, -0.15) is 0 Å². The minimum absolute atomic E-state index is 0.148. The Morgan fingerprint density at radius 3 is 2.06 bits per heavy atom. The van der Waals surface area contributed by atoms with Gasteiger partial charge in [-0.1, -0.05) is 48.5 Å². The lowest BCUT2D eigenvalue weighted by atomic mass is 9.91. The molecule has 1 fully saturated rings. The minimum Gasteiger partial charge on any atom is -0.485 e. The number of ether oxygens (including phenoxy) is 1. The van der Waals surface area contributed by atoms with Crippen LogP contribution in [0.3, 0.4) is 0 Å². The van der Waals surface area contributed by atoms with Gasteiger partial charge in [0.25, 0.3) is 0 Å². The maximum absolute atomic E-state index is 6.16. The standard InChI is InChI=1S/C16H17NO/c1-3-7-13(8-4-1)16(14-11-17-12-14)18-15-9-5-2-6-10-15/h1-10,14,16-17H,11-12H2/t16-/m0/s1. The monoisotopic (exact) mass is 239 g/mol. The average molecular weight is 239 g/mol. The Labute approximate surface area is 108 Å². The normalized spacial score (nSPS) is 16.9. The SMILES string of the molecule is c1ccc(O[C@@H](c2ccccc2)C2CNC2)cc1. The second kappa shape index (κ2) is 5.23. The summed E-state index contributed by atoms with van der Waals surface area (Å²) >= 11 is 0. The molecule has 0 aliphatic carbocycles. The molecule has 1 aliphatic rings. The molecule has 18 heavy (non-hydrogen) atoms. The van der Waals surface area contributed by atoms with E-state index in [0.717, 1.165) is 18.8 Å². The molecule has 1 N–H and O–H groups in total. The van der Waals surface area contributed by atoms with Crippen molar-refractivity contribution >= 4 is 0 Å². The van der Waals surface area contributed by atoms with E-state index < -0.39 is 0 Å². The zero-order valence-electron chi connectivity index (χ0n) is 10.3. The van der Waals surface area contributed by atoms with E-state index in [1.165, 1.54) is 5.56 Å². The Morgan fingerprint density at radius 1 is 0.889 bits per heavy atom. The molecule has 2 heteroatoms. The van der Waals surface area contributed by atoms with Crippen LogP contribution in [0.4, 0.5) is 0 Å². The summed E-state index contributed by atoms with van der Waals surface area (Å²) in [7, 11) is 0. The second-order valence-corrected chi connectivity index (χ2v) is 4.68. The van der Waals surface area contributed by atoms with Crippen LogP contribution >= 0.6 is 0 Å². The Morgan fingerprint density at radius 2 is 1.50 bits per heavy atom. The van der Waals surface area contributed by atoms with Gasteiger partial charge in [0, 0.05) is 19.0 Å². The predicted octanol–water partition coefficient (Wildman–Crippen LogP) is 3.03. The molecule has 0 saturated carbocycles. The summed E-state index contributed by atoms with van der Waals surface area (Å²) in [6.07, 6.45) is 0.148. The highest BCUT2D eigenvalue weighted by atomic mass is 16.5. The Hall–Kier alpha value is -1.80. The Bertz CT molecular complexity index is 479. The lowest BCUT2D eigenvalue weighted by molar-refractivity contribution is 0.0993. The fourth-order valence-electron chi connectivity index (χ4n) is 2.25. The summed E-state index contributed by atoms with van der Waals surface area (Å²) in [4.78, 5) is 0. The van der Waals surface area contributed by atoms with Gasteiger partial charge in [0.1, 0.15) is 11.9 Å². The van der Waals surface area contributed by atoms with Gasteiger partial charge in [-0.15, -0.1) is 0 Å². The van der Waals surface area contributed by atoms with Crippen LogP contribution in [0.25, 0.3) is 0 Å². The third-order valence-electron chi connectivity index (χ3n) is 3.38. The lowest BCUT2D eigenvalue weighted by Gasteiger charge is -2.35. The van der Waals surface area contributed by atoms with Crippen molar-refractivity contribution in [2.45, 2.75) is 6.10 Å². The van der Waals surface area contributed by atoms with Crippen molar-refractivity contribution in [1.29, 1.82) is 0 Å². The molecule has 2 aromatic rings. The lowest BCUT2D eigenvalue weighted by Crippen LogP contribution is -2.46. The fourth-order valence-corrected chi connectivity index (χ4v) is 2.25. The Balaban J connectivity index is 1.82. The van der Waals surface area contributed by atoms with Crippen molar-refractivity contribution in [2.24, 2.45) is 5.92 Å². The topological polar surface area (TPSA) is 21.3 Å². The van der Waals surface area contributed by atoms with Gasteiger partial charge in [0.2, 0.25) is 0 Å². The molecular weight excluding hydrogens is 222 g/mol. The van der Waals surface area contributed by atoms with Crippen LogP contribution in [0.15, 0.2) is 60.7 Å². The van der Waals surface area contributed by atoms with E-state index in [-0.39, 0.29) is 6.10 Å². The third kappa shape index (κ3) is 2.39. The van der Waals surface area contributed by atoms with Crippen LogP contribution in [0.5, 0.6) is 5.75 Å². The molecular formula is C16H17NO. The summed E-state index contributed by atoms with van der Waals surface area (Å²) < 4.78 is 6.16. The number of benzene rings is 2. The first-order valence-electron chi connectivity index (χ1n) is 6.41. The first-order chi connectivity index (χ1) is 8.93.